The molecule has 0 aliphatic rings. The van der Waals surface area contributed by atoms with E-state index in [0.717, 1.165) is 0 Å². The second kappa shape index (κ2) is 16.5. The van der Waals surface area contributed by atoms with Crippen LogP contribution in [0.2, 0.25) is 0 Å². The highest BCUT2D eigenvalue weighted by molar-refractivity contribution is 5.93. The molecule has 0 aromatic rings. The number of aliphatic carboxylic acids is 1. The average Bonchev–Trinajstić information content (AvgIpc) is 2.69. The van der Waals surface area contributed by atoms with Gasteiger partial charge >= 0.3 is 5.97 Å². The molecule has 0 rings (SSSR count). The molecule has 180 valence electrons. The molecule has 0 radical (unpaired) electrons. The predicted octanol–water partition coefficient (Wildman–Crippen LogP) is -1.21. The monoisotopic (exact) mass is 444 g/mol. The number of carbonyl (C=O) groups is 4. The highest BCUT2D eigenvalue weighted by Gasteiger charge is 2.28. The predicted molar refractivity (Wildman–Crippen MR) is 118 cm³/mol. The summed E-state index contributed by atoms with van der Waals surface area (Å²) in [4.78, 5) is 48.4. The van der Waals surface area contributed by atoms with Gasteiger partial charge in [-0.05, 0) is 64.0 Å². The van der Waals surface area contributed by atoms with E-state index in [4.69, 9.17) is 22.3 Å². The van der Waals surface area contributed by atoms with Crippen LogP contribution in [0.1, 0.15) is 58.8 Å². The Morgan fingerprint density at radius 2 is 1.29 bits per heavy atom. The number of hydrogen-bond donors (Lipinski definition) is 7. The molecule has 0 bridgehead atoms. The fraction of sp³-hybridized carbons (Fsp3) is 0.800. The SMILES string of the molecule is CC(C)CC(N)C(=O)NC(CCCCN)C(=O)NC(CCCCN)C(=O)NCC(=O)O. The van der Waals surface area contributed by atoms with Gasteiger partial charge in [-0.2, -0.15) is 0 Å². The molecule has 0 saturated heterocycles. The van der Waals surface area contributed by atoms with Crippen molar-refractivity contribution < 1.29 is 24.3 Å². The number of unbranched alkanes of at least 4 members (excludes halogenated alkanes) is 2. The summed E-state index contributed by atoms with van der Waals surface area (Å²) < 4.78 is 0. The van der Waals surface area contributed by atoms with Crippen molar-refractivity contribution in [3.05, 3.63) is 0 Å². The van der Waals surface area contributed by atoms with Crippen molar-refractivity contribution in [1.29, 1.82) is 0 Å². The van der Waals surface area contributed by atoms with Gasteiger partial charge in [0.2, 0.25) is 17.7 Å². The lowest BCUT2D eigenvalue weighted by molar-refractivity contribution is -0.138. The Kier molecular flexibility index (Phi) is 15.3. The third-order valence-electron chi connectivity index (χ3n) is 4.64. The number of amides is 3. The average molecular weight is 445 g/mol. The summed E-state index contributed by atoms with van der Waals surface area (Å²) in [7, 11) is 0. The minimum atomic E-state index is -1.19. The first-order valence-corrected chi connectivity index (χ1v) is 10.9. The highest BCUT2D eigenvalue weighted by atomic mass is 16.4. The number of carboxylic acid groups (broad SMARTS) is 1. The summed E-state index contributed by atoms with van der Waals surface area (Å²) in [5.41, 5.74) is 16.9. The van der Waals surface area contributed by atoms with Gasteiger partial charge in [0, 0.05) is 0 Å². The van der Waals surface area contributed by atoms with Crippen LogP contribution in [0.5, 0.6) is 0 Å². The van der Waals surface area contributed by atoms with E-state index in [1.807, 2.05) is 13.8 Å². The molecule has 0 aliphatic heterocycles. The van der Waals surface area contributed by atoms with E-state index >= 15 is 0 Å². The number of carbonyl (C=O) groups excluding carboxylic acids is 3. The quantitative estimate of drug-likeness (QED) is 0.135. The third kappa shape index (κ3) is 13.6. The number of rotatable bonds is 17. The first-order chi connectivity index (χ1) is 14.6. The summed E-state index contributed by atoms with van der Waals surface area (Å²) in [6, 6.07) is -2.55. The van der Waals surface area contributed by atoms with Crippen molar-refractivity contribution in [2.45, 2.75) is 76.9 Å². The second-order valence-electron chi connectivity index (χ2n) is 8.04. The van der Waals surface area contributed by atoms with Gasteiger partial charge in [-0.15, -0.1) is 0 Å². The van der Waals surface area contributed by atoms with E-state index < -0.39 is 48.4 Å². The molecular formula is C20H40N6O5. The minimum absolute atomic E-state index is 0.218. The number of nitrogens with one attached hydrogen (secondary N) is 3. The van der Waals surface area contributed by atoms with Crippen molar-refractivity contribution >= 4 is 23.7 Å². The van der Waals surface area contributed by atoms with E-state index in [-0.39, 0.29) is 5.92 Å². The van der Waals surface area contributed by atoms with Gasteiger partial charge in [0.15, 0.2) is 0 Å². The Morgan fingerprint density at radius 1 is 0.806 bits per heavy atom. The Bertz CT molecular complexity index is 572. The van der Waals surface area contributed by atoms with Crippen LogP contribution in [0.15, 0.2) is 0 Å². The molecule has 3 amide bonds. The van der Waals surface area contributed by atoms with Gasteiger partial charge in [0.1, 0.15) is 18.6 Å². The van der Waals surface area contributed by atoms with Crippen LogP contribution in [-0.2, 0) is 19.2 Å². The lowest BCUT2D eigenvalue weighted by Gasteiger charge is -2.24. The largest absolute Gasteiger partial charge is 0.480 e. The van der Waals surface area contributed by atoms with Crippen LogP contribution in [-0.4, -0.2) is 66.6 Å². The van der Waals surface area contributed by atoms with Crippen LogP contribution in [0.25, 0.3) is 0 Å². The summed E-state index contributed by atoms with van der Waals surface area (Å²) in [5, 5.41) is 16.4. The fourth-order valence-electron chi connectivity index (χ4n) is 2.98. The maximum absolute atomic E-state index is 12.9. The zero-order chi connectivity index (χ0) is 23.8. The molecule has 3 atom stereocenters. The number of nitrogens with two attached hydrogens (primary N) is 3. The van der Waals surface area contributed by atoms with Gasteiger partial charge in [0.25, 0.3) is 0 Å². The van der Waals surface area contributed by atoms with Gasteiger partial charge in [-0.25, -0.2) is 0 Å². The van der Waals surface area contributed by atoms with E-state index in [9.17, 15) is 19.2 Å². The van der Waals surface area contributed by atoms with Crippen LogP contribution >= 0.6 is 0 Å². The van der Waals surface area contributed by atoms with Gasteiger partial charge in [-0.3, -0.25) is 19.2 Å². The lowest BCUT2D eigenvalue weighted by Crippen LogP contribution is -2.56. The molecule has 0 aromatic heterocycles. The normalized spacial score (nSPS) is 13.9. The molecule has 11 heteroatoms. The summed E-state index contributed by atoms with van der Waals surface area (Å²) in [5.74, 6) is -2.53. The van der Waals surface area contributed by atoms with E-state index in [1.54, 1.807) is 0 Å². The second-order valence-corrected chi connectivity index (χ2v) is 8.04. The summed E-state index contributed by atoms with van der Waals surface area (Å²) in [6.45, 7) is 4.22. The highest BCUT2D eigenvalue weighted by Crippen LogP contribution is 2.07. The molecular weight excluding hydrogens is 404 g/mol. The van der Waals surface area contributed by atoms with Crippen molar-refractivity contribution in [2.24, 2.45) is 23.1 Å². The van der Waals surface area contributed by atoms with E-state index in [0.29, 0.717) is 58.0 Å². The van der Waals surface area contributed by atoms with Crippen molar-refractivity contribution in [1.82, 2.24) is 16.0 Å². The molecule has 0 aromatic carbocycles. The minimum Gasteiger partial charge on any atom is -0.480 e. The number of carboxylic acids is 1. The molecule has 3 unspecified atom stereocenters. The number of hydrogen-bond acceptors (Lipinski definition) is 7. The van der Waals surface area contributed by atoms with Crippen LogP contribution < -0.4 is 33.2 Å². The third-order valence-corrected chi connectivity index (χ3v) is 4.64. The molecule has 0 aliphatic carbocycles. The molecule has 0 saturated carbocycles. The molecule has 10 N–H and O–H groups in total. The van der Waals surface area contributed by atoms with E-state index in [2.05, 4.69) is 16.0 Å². The fourth-order valence-corrected chi connectivity index (χ4v) is 2.98. The molecule has 0 heterocycles. The zero-order valence-corrected chi connectivity index (χ0v) is 18.7. The van der Waals surface area contributed by atoms with Crippen LogP contribution in [0.3, 0.4) is 0 Å². The van der Waals surface area contributed by atoms with Crippen LogP contribution in [0.4, 0.5) is 0 Å². The Labute approximate surface area is 184 Å². The van der Waals surface area contributed by atoms with Crippen molar-refractivity contribution in [2.75, 3.05) is 19.6 Å². The lowest BCUT2D eigenvalue weighted by atomic mass is 10.0. The maximum atomic E-state index is 12.9. The van der Waals surface area contributed by atoms with E-state index in [1.165, 1.54) is 0 Å². The standard InChI is InChI=1S/C20H40N6O5/c1-13(2)11-14(23)18(29)25-16(8-4-6-10-22)20(31)26-15(7-3-5-9-21)19(30)24-12-17(27)28/h13-16H,3-12,21-23H2,1-2H3,(H,24,30)(H,25,29)(H,26,31)(H,27,28). The summed E-state index contributed by atoms with van der Waals surface area (Å²) in [6.07, 6.45) is 3.63. The molecule has 31 heavy (non-hydrogen) atoms. The first-order valence-electron chi connectivity index (χ1n) is 10.9. The van der Waals surface area contributed by atoms with Gasteiger partial charge in [-0.1, -0.05) is 13.8 Å². The zero-order valence-electron chi connectivity index (χ0n) is 18.7. The van der Waals surface area contributed by atoms with Gasteiger partial charge < -0.3 is 38.3 Å². The molecule has 0 spiro atoms. The molecule has 0 fully saturated rings. The van der Waals surface area contributed by atoms with Crippen molar-refractivity contribution in [3.8, 4) is 0 Å². The van der Waals surface area contributed by atoms with Crippen molar-refractivity contribution in [3.63, 3.8) is 0 Å². The Hall–Kier alpha value is -2.24. The first kappa shape index (κ1) is 28.8. The maximum Gasteiger partial charge on any atom is 0.322 e. The van der Waals surface area contributed by atoms with Crippen LogP contribution in [0, 0.1) is 5.92 Å². The Balaban J connectivity index is 5.22. The smallest absolute Gasteiger partial charge is 0.322 e. The Morgan fingerprint density at radius 3 is 1.74 bits per heavy atom. The topological polar surface area (TPSA) is 203 Å². The molecule has 11 nitrogen and oxygen atoms in total. The summed E-state index contributed by atoms with van der Waals surface area (Å²) >= 11 is 0. The van der Waals surface area contributed by atoms with Gasteiger partial charge in [0.05, 0.1) is 6.04 Å².